The van der Waals surface area contributed by atoms with Crippen molar-refractivity contribution < 1.29 is 13.2 Å². The van der Waals surface area contributed by atoms with E-state index in [0.29, 0.717) is 25.0 Å². The molecule has 27 heavy (non-hydrogen) atoms. The number of guanidine groups is 1. The van der Waals surface area contributed by atoms with Crippen LogP contribution < -0.4 is 5.32 Å². The molecule has 2 heterocycles. The Morgan fingerprint density at radius 1 is 1.07 bits per heavy atom. The van der Waals surface area contributed by atoms with Gasteiger partial charge in [-0.1, -0.05) is 25.7 Å². The number of piperidine rings is 1. The quantitative estimate of drug-likeness (QED) is 0.588. The van der Waals surface area contributed by atoms with Gasteiger partial charge in [-0.2, -0.15) is 13.2 Å². The number of hydrogen-bond acceptors (Lipinski definition) is 2. The molecule has 0 bridgehead atoms. The minimum absolute atomic E-state index is 0.265. The third kappa shape index (κ3) is 6.00. The molecule has 1 atom stereocenters. The summed E-state index contributed by atoms with van der Waals surface area (Å²) in [5.74, 6) is 1.20. The summed E-state index contributed by atoms with van der Waals surface area (Å²) >= 11 is 0. The molecule has 0 aromatic carbocycles. The van der Waals surface area contributed by atoms with Gasteiger partial charge in [0, 0.05) is 33.2 Å². The van der Waals surface area contributed by atoms with Crippen LogP contribution in [0.2, 0.25) is 0 Å². The molecule has 7 heteroatoms. The van der Waals surface area contributed by atoms with Crippen LogP contribution >= 0.6 is 0 Å². The molecule has 0 amide bonds. The number of nitrogens with zero attached hydrogens (tertiary/aromatic N) is 3. The van der Waals surface area contributed by atoms with Crippen LogP contribution in [-0.4, -0.2) is 68.3 Å². The van der Waals surface area contributed by atoms with Crippen LogP contribution in [0.25, 0.3) is 0 Å². The normalized spacial score (nSPS) is 27.8. The first-order chi connectivity index (χ1) is 12.9. The first-order valence-corrected chi connectivity index (χ1v) is 10.6. The minimum Gasteiger partial charge on any atom is -0.356 e. The van der Waals surface area contributed by atoms with E-state index in [0.717, 1.165) is 25.5 Å². The molecule has 1 unspecified atom stereocenters. The van der Waals surface area contributed by atoms with Gasteiger partial charge in [-0.3, -0.25) is 9.89 Å². The average molecular weight is 389 g/mol. The average Bonchev–Trinajstić information content (AvgIpc) is 2.92. The van der Waals surface area contributed by atoms with E-state index in [1.807, 2.05) is 7.05 Å². The van der Waals surface area contributed by atoms with E-state index >= 15 is 0 Å². The van der Waals surface area contributed by atoms with Gasteiger partial charge < -0.3 is 10.2 Å². The molecule has 2 saturated heterocycles. The van der Waals surface area contributed by atoms with Crippen molar-refractivity contribution in [1.82, 2.24) is 15.1 Å². The zero-order chi connectivity index (χ0) is 19.3. The van der Waals surface area contributed by atoms with Gasteiger partial charge in [0.05, 0.1) is 6.54 Å². The monoisotopic (exact) mass is 388 g/mol. The summed E-state index contributed by atoms with van der Waals surface area (Å²) in [6, 6.07) is 0. The van der Waals surface area contributed by atoms with Crippen molar-refractivity contribution in [3.05, 3.63) is 0 Å². The Kier molecular flexibility index (Phi) is 6.93. The molecule has 1 spiro atoms. The predicted octanol–water partition coefficient (Wildman–Crippen LogP) is 3.88. The smallest absolute Gasteiger partial charge is 0.356 e. The fourth-order valence-corrected chi connectivity index (χ4v) is 5.32. The van der Waals surface area contributed by atoms with Crippen molar-refractivity contribution in [3.63, 3.8) is 0 Å². The van der Waals surface area contributed by atoms with Crippen LogP contribution in [0.15, 0.2) is 4.99 Å². The van der Waals surface area contributed by atoms with Crippen LogP contribution in [0, 0.1) is 11.3 Å². The number of halogens is 3. The van der Waals surface area contributed by atoms with E-state index in [2.05, 4.69) is 15.2 Å². The van der Waals surface area contributed by atoms with E-state index in [1.165, 1.54) is 56.3 Å². The number of hydrogen-bond donors (Lipinski definition) is 1. The summed E-state index contributed by atoms with van der Waals surface area (Å²) in [6.07, 6.45) is 7.34. The Bertz CT molecular complexity index is 498. The zero-order valence-corrected chi connectivity index (χ0v) is 16.7. The Morgan fingerprint density at radius 2 is 1.78 bits per heavy atom. The topological polar surface area (TPSA) is 30.9 Å². The molecule has 0 aromatic heterocycles. The second kappa shape index (κ2) is 9.01. The van der Waals surface area contributed by atoms with Crippen molar-refractivity contribution >= 4 is 5.96 Å². The molecule has 0 radical (unpaired) electrons. The minimum atomic E-state index is -4.10. The summed E-state index contributed by atoms with van der Waals surface area (Å²) in [6.45, 7) is 3.10. The fraction of sp³-hybridized carbons (Fsp3) is 0.950. The lowest BCUT2D eigenvalue weighted by molar-refractivity contribution is -0.143. The van der Waals surface area contributed by atoms with E-state index < -0.39 is 12.7 Å². The molecule has 4 nitrogen and oxygen atoms in total. The van der Waals surface area contributed by atoms with Crippen molar-refractivity contribution in [2.45, 2.75) is 64.0 Å². The third-order valence-corrected chi connectivity index (χ3v) is 6.66. The van der Waals surface area contributed by atoms with Crippen molar-refractivity contribution in [2.24, 2.45) is 16.3 Å². The molecule has 2 aliphatic heterocycles. The van der Waals surface area contributed by atoms with Gasteiger partial charge in [0.1, 0.15) is 0 Å². The molecule has 156 valence electrons. The SMILES string of the molecule is CN=C(NCC1CCN(CC(F)(F)F)C1)N1CCCC2(CCCCCC2)C1. The van der Waals surface area contributed by atoms with E-state index in [9.17, 15) is 13.2 Å². The number of alkyl halides is 3. The van der Waals surface area contributed by atoms with Crippen molar-refractivity contribution in [2.75, 3.05) is 46.3 Å². The van der Waals surface area contributed by atoms with Gasteiger partial charge in [0.25, 0.3) is 0 Å². The Morgan fingerprint density at radius 3 is 2.44 bits per heavy atom. The van der Waals surface area contributed by atoms with Gasteiger partial charge in [0.15, 0.2) is 5.96 Å². The second-order valence-corrected chi connectivity index (χ2v) is 8.87. The first-order valence-electron chi connectivity index (χ1n) is 10.6. The molecule has 0 aromatic rings. The predicted molar refractivity (Wildman–Crippen MR) is 103 cm³/mol. The maximum Gasteiger partial charge on any atom is 0.401 e. The molecular weight excluding hydrogens is 353 g/mol. The van der Waals surface area contributed by atoms with Crippen LogP contribution in [-0.2, 0) is 0 Å². The summed E-state index contributed by atoms with van der Waals surface area (Å²) in [5, 5.41) is 3.47. The summed E-state index contributed by atoms with van der Waals surface area (Å²) in [7, 11) is 1.82. The van der Waals surface area contributed by atoms with Crippen LogP contribution in [0.3, 0.4) is 0 Å². The lowest BCUT2D eigenvalue weighted by atomic mass is 9.74. The van der Waals surface area contributed by atoms with E-state index in [4.69, 9.17) is 0 Å². The summed E-state index contributed by atoms with van der Waals surface area (Å²) < 4.78 is 37.7. The molecule has 3 fully saturated rings. The Balaban J connectivity index is 1.49. The highest BCUT2D eigenvalue weighted by Gasteiger charge is 2.37. The van der Waals surface area contributed by atoms with E-state index in [-0.39, 0.29) is 5.92 Å². The largest absolute Gasteiger partial charge is 0.401 e. The maximum absolute atomic E-state index is 12.6. The summed E-state index contributed by atoms with van der Waals surface area (Å²) in [4.78, 5) is 8.41. The highest BCUT2D eigenvalue weighted by Crippen LogP contribution is 2.42. The highest BCUT2D eigenvalue weighted by molar-refractivity contribution is 5.80. The van der Waals surface area contributed by atoms with Gasteiger partial charge >= 0.3 is 6.18 Å². The lowest BCUT2D eigenvalue weighted by Crippen LogP contribution is -2.51. The second-order valence-electron chi connectivity index (χ2n) is 8.87. The third-order valence-electron chi connectivity index (χ3n) is 6.66. The van der Waals surface area contributed by atoms with Crippen LogP contribution in [0.1, 0.15) is 57.8 Å². The standard InChI is InChI=1S/C20H35F3N4/c1-24-18(25-13-17-7-12-26(14-17)16-20(21,22)23)27-11-6-10-19(15-27)8-4-2-3-5-9-19/h17H,2-16H2,1H3,(H,24,25). The van der Waals surface area contributed by atoms with Crippen LogP contribution in [0.5, 0.6) is 0 Å². The van der Waals surface area contributed by atoms with E-state index in [1.54, 1.807) is 0 Å². The number of rotatable bonds is 3. The lowest BCUT2D eigenvalue weighted by Gasteiger charge is -2.44. The molecule has 1 aliphatic carbocycles. The van der Waals surface area contributed by atoms with Gasteiger partial charge in [0.2, 0.25) is 0 Å². The van der Waals surface area contributed by atoms with Gasteiger partial charge in [-0.25, -0.2) is 0 Å². The number of aliphatic imine (C=N–C) groups is 1. The Labute approximate surface area is 161 Å². The summed E-state index contributed by atoms with van der Waals surface area (Å²) in [5.41, 5.74) is 0.448. The number of nitrogens with one attached hydrogen (secondary N) is 1. The maximum atomic E-state index is 12.6. The van der Waals surface area contributed by atoms with Crippen molar-refractivity contribution in [3.8, 4) is 0 Å². The molecule has 3 rings (SSSR count). The van der Waals surface area contributed by atoms with Gasteiger partial charge in [-0.05, 0) is 50.0 Å². The highest BCUT2D eigenvalue weighted by atomic mass is 19.4. The fourth-order valence-electron chi connectivity index (χ4n) is 5.32. The molecule has 1 N–H and O–H groups in total. The van der Waals surface area contributed by atoms with Crippen molar-refractivity contribution in [1.29, 1.82) is 0 Å². The van der Waals surface area contributed by atoms with Crippen LogP contribution in [0.4, 0.5) is 13.2 Å². The zero-order valence-electron chi connectivity index (χ0n) is 16.7. The molecule has 3 aliphatic rings. The first kappa shape index (κ1) is 20.7. The molecular formula is C20H35F3N4. The van der Waals surface area contributed by atoms with Gasteiger partial charge in [-0.15, -0.1) is 0 Å². The Hall–Kier alpha value is -0.980. The molecule has 1 saturated carbocycles. The number of likely N-dealkylation sites (tertiary alicyclic amines) is 2.